The third-order valence-electron chi connectivity index (χ3n) is 0.867. The lowest BCUT2D eigenvalue weighted by atomic mass is 9.97. The van der Waals surface area contributed by atoms with Gasteiger partial charge in [-0.2, -0.15) is 0 Å². The van der Waals surface area contributed by atoms with Gasteiger partial charge in [0.2, 0.25) is 0 Å². The number of hydrogen-bond acceptors (Lipinski definition) is 1. The molecule has 0 aliphatic carbocycles. The van der Waals surface area contributed by atoms with E-state index in [-0.39, 0.29) is 0 Å². The summed E-state index contributed by atoms with van der Waals surface area (Å²) in [5, 5.41) is 0. The van der Waals surface area contributed by atoms with E-state index in [9.17, 15) is 0 Å². The van der Waals surface area contributed by atoms with Crippen LogP contribution in [0, 0.1) is 5.41 Å². The molecule has 0 saturated carbocycles. The molecule has 0 amide bonds. The van der Waals surface area contributed by atoms with Gasteiger partial charge in [0.05, 0.1) is 0 Å². The van der Waals surface area contributed by atoms with E-state index in [1.807, 2.05) is 11.9 Å². The van der Waals surface area contributed by atoms with Gasteiger partial charge in [-0.3, -0.25) is 0 Å². The van der Waals surface area contributed by atoms with Crippen molar-refractivity contribution < 1.29 is 0 Å². The van der Waals surface area contributed by atoms with Crippen LogP contribution in [0.2, 0.25) is 0 Å². The zero-order valence-corrected chi connectivity index (χ0v) is 7.38. The SMILES string of the molecule is CN([C]=S)CC(C)(C)C. The zero-order chi connectivity index (χ0) is 7.49. The summed E-state index contributed by atoms with van der Waals surface area (Å²) in [6, 6.07) is 0. The van der Waals surface area contributed by atoms with Gasteiger partial charge in [0.25, 0.3) is 0 Å². The maximum absolute atomic E-state index is 4.62. The summed E-state index contributed by atoms with van der Waals surface area (Å²) in [5.41, 5.74) is 2.96. The van der Waals surface area contributed by atoms with E-state index in [1.165, 1.54) is 0 Å². The zero-order valence-electron chi connectivity index (χ0n) is 6.56. The summed E-state index contributed by atoms with van der Waals surface area (Å²) in [4.78, 5) is 1.90. The third kappa shape index (κ3) is 5.77. The fraction of sp³-hybridized carbons (Fsp3) is 0.857. The number of rotatable bonds is 2. The van der Waals surface area contributed by atoms with Crippen molar-refractivity contribution in [2.75, 3.05) is 13.6 Å². The number of thiocarbonyl (C=S) groups is 1. The summed E-state index contributed by atoms with van der Waals surface area (Å²) in [7, 11) is 1.94. The lowest BCUT2D eigenvalue weighted by molar-refractivity contribution is 0.314. The highest BCUT2D eigenvalue weighted by atomic mass is 32.1. The average molecular weight is 144 g/mol. The number of nitrogens with zero attached hydrogens (tertiary/aromatic N) is 1. The van der Waals surface area contributed by atoms with Crippen molar-refractivity contribution >= 4 is 17.7 Å². The van der Waals surface area contributed by atoms with Crippen LogP contribution in [0.5, 0.6) is 0 Å². The standard InChI is InChI=1S/C7H14NS/c1-7(2,3)5-8(4)6-9/h5H2,1-4H3. The second-order valence-corrected chi connectivity index (χ2v) is 3.69. The predicted octanol–water partition coefficient (Wildman–Crippen LogP) is 1.80. The van der Waals surface area contributed by atoms with Gasteiger partial charge >= 0.3 is 0 Å². The molecule has 0 aromatic rings. The Labute approximate surface area is 63.0 Å². The molecule has 0 aliphatic heterocycles. The van der Waals surface area contributed by atoms with Gasteiger partial charge < -0.3 is 4.90 Å². The predicted molar refractivity (Wildman–Crippen MR) is 44.7 cm³/mol. The Bertz CT molecular complexity index is 93.6. The third-order valence-corrected chi connectivity index (χ3v) is 1.18. The summed E-state index contributed by atoms with van der Waals surface area (Å²) in [6.45, 7) is 7.50. The lowest BCUT2D eigenvalue weighted by Crippen LogP contribution is -2.27. The Kier molecular flexibility index (Phi) is 3.12. The summed E-state index contributed by atoms with van der Waals surface area (Å²) in [5.74, 6) is 0. The molecule has 0 rings (SSSR count). The van der Waals surface area contributed by atoms with E-state index in [2.05, 4.69) is 38.5 Å². The summed E-state index contributed by atoms with van der Waals surface area (Å²) >= 11 is 4.62. The normalized spacial score (nSPS) is 11.1. The van der Waals surface area contributed by atoms with Gasteiger partial charge in [-0.05, 0) is 5.41 Å². The largest absolute Gasteiger partial charge is 0.363 e. The van der Waals surface area contributed by atoms with Crippen LogP contribution in [0.15, 0.2) is 0 Å². The minimum Gasteiger partial charge on any atom is -0.363 e. The van der Waals surface area contributed by atoms with Crippen molar-refractivity contribution in [1.29, 1.82) is 0 Å². The Morgan fingerprint density at radius 1 is 1.44 bits per heavy atom. The molecule has 0 N–H and O–H groups in total. The van der Waals surface area contributed by atoms with E-state index in [4.69, 9.17) is 0 Å². The van der Waals surface area contributed by atoms with E-state index < -0.39 is 0 Å². The second-order valence-electron chi connectivity index (χ2n) is 3.51. The lowest BCUT2D eigenvalue weighted by Gasteiger charge is -2.23. The van der Waals surface area contributed by atoms with Crippen LogP contribution in [0.25, 0.3) is 0 Å². The smallest absolute Gasteiger partial charge is 0.136 e. The molecule has 0 heterocycles. The molecule has 1 radical (unpaired) electrons. The van der Waals surface area contributed by atoms with E-state index in [0.717, 1.165) is 6.54 Å². The Morgan fingerprint density at radius 3 is 2.00 bits per heavy atom. The molecule has 0 unspecified atom stereocenters. The van der Waals surface area contributed by atoms with E-state index in [1.54, 1.807) is 0 Å². The molecular weight excluding hydrogens is 130 g/mol. The highest BCUT2D eigenvalue weighted by molar-refractivity contribution is 7.78. The van der Waals surface area contributed by atoms with Gasteiger partial charge in [-0.25, -0.2) is 0 Å². The molecule has 0 fully saturated rings. The van der Waals surface area contributed by atoms with Crippen molar-refractivity contribution in [2.45, 2.75) is 20.8 Å². The van der Waals surface area contributed by atoms with Crippen LogP contribution in [0.4, 0.5) is 0 Å². The van der Waals surface area contributed by atoms with Crippen LogP contribution in [-0.4, -0.2) is 24.0 Å². The molecule has 0 saturated heterocycles. The minimum absolute atomic E-state index is 0.320. The monoisotopic (exact) mass is 144 g/mol. The van der Waals surface area contributed by atoms with E-state index >= 15 is 0 Å². The van der Waals surface area contributed by atoms with Crippen LogP contribution >= 0.6 is 12.2 Å². The first-order valence-electron chi connectivity index (χ1n) is 3.04. The second kappa shape index (κ2) is 3.16. The molecule has 53 valence electrons. The fourth-order valence-electron chi connectivity index (χ4n) is 0.744. The molecule has 0 aliphatic rings. The van der Waals surface area contributed by atoms with Crippen molar-refractivity contribution in [3.8, 4) is 0 Å². The molecule has 0 bridgehead atoms. The van der Waals surface area contributed by atoms with Gasteiger partial charge in [-0.1, -0.05) is 33.0 Å². The van der Waals surface area contributed by atoms with Crippen LogP contribution in [0.1, 0.15) is 20.8 Å². The highest BCUT2D eigenvalue weighted by Crippen LogP contribution is 2.12. The number of hydrogen-bond donors (Lipinski definition) is 0. The summed E-state index contributed by atoms with van der Waals surface area (Å²) < 4.78 is 0. The topological polar surface area (TPSA) is 3.24 Å². The maximum Gasteiger partial charge on any atom is 0.136 e. The molecule has 0 aromatic carbocycles. The molecule has 9 heavy (non-hydrogen) atoms. The molecule has 2 heteroatoms. The first kappa shape index (κ1) is 8.89. The Balaban J connectivity index is 3.59. The van der Waals surface area contributed by atoms with Gasteiger partial charge in [0, 0.05) is 13.6 Å². The van der Waals surface area contributed by atoms with Crippen molar-refractivity contribution in [2.24, 2.45) is 5.41 Å². The molecule has 0 aromatic heterocycles. The highest BCUT2D eigenvalue weighted by Gasteiger charge is 2.10. The molecule has 1 nitrogen and oxygen atoms in total. The van der Waals surface area contributed by atoms with Crippen LogP contribution in [-0.2, 0) is 0 Å². The Morgan fingerprint density at radius 2 is 1.89 bits per heavy atom. The molecule has 0 spiro atoms. The van der Waals surface area contributed by atoms with Crippen LogP contribution < -0.4 is 0 Å². The first-order chi connectivity index (χ1) is 3.95. The van der Waals surface area contributed by atoms with Crippen LogP contribution in [0.3, 0.4) is 0 Å². The quantitative estimate of drug-likeness (QED) is 0.429. The molecular formula is C7H14NS. The average Bonchev–Trinajstić information content (AvgIpc) is 1.62. The Hall–Kier alpha value is -0.110. The van der Waals surface area contributed by atoms with Crippen molar-refractivity contribution in [3.63, 3.8) is 0 Å². The minimum atomic E-state index is 0.320. The maximum atomic E-state index is 4.62. The van der Waals surface area contributed by atoms with Gasteiger partial charge in [-0.15, -0.1) is 0 Å². The van der Waals surface area contributed by atoms with E-state index in [0.29, 0.717) is 5.41 Å². The molecule has 0 atom stereocenters. The first-order valence-corrected chi connectivity index (χ1v) is 3.45. The van der Waals surface area contributed by atoms with Crippen molar-refractivity contribution in [3.05, 3.63) is 0 Å². The fourth-order valence-corrected chi connectivity index (χ4v) is 0.808. The van der Waals surface area contributed by atoms with Crippen molar-refractivity contribution in [1.82, 2.24) is 4.90 Å². The van der Waals surface area contributed by atoms with Gasteiger partial charge in [0.1, 0.15) is 5.49 Å². The van der Waals surface area contributed by atoms with Gasteiger partial charge in [0.15, 0.2) is 0 Å². The summed E-state index contributed by atoms with van der Waals surface area (Å²) in [6.07, 6.45) is 0.